The van der Waals surface area contributed by atoms with Crippen molar-refractivity contribution in [2.75, 3.05) is 102 Å². The Kier molecular flexibility index (Phi) is 30.9. The Balaban J connectivity index is 0.000000170. The Morgan fingerprint density at radius 2 is 0.977 bits per heavy atom. The lowest BCUT2D eigenvalue weighted by molar-refractivity contribution is -0.141. The highest BCUT2D eigenvalue weighted by Crippen LogP contribution is 2.37. The van der Waals surface area contributed by atoms with E-state index in [1.54, 1.807) is 121 Å². The van der Waals surface area contributed by atoms with E-state index in [1.807, 2.05) is 107 Å². The smallest absolute Gasteiger partial charge is 0.386 e. The van der Waals surface area contributed by atoms with Crippen LogP contribution < -0.4 is 41.7 Å². The number of anilines is 8. The number of benzene rings is 3. The molecule has 0 unspecified atom stereocenters. The summed E-state index contributed by atoms with van der Waals surface area (Å²) >= 11 is 0. The zero-order valence-electron chi connectivity index (χ0n) is 74.3. The molecule has 2 aliphatic rings. The number of aliphatic hydroxyl groups is 1. The number of alkyl halides is 3. The fraction of sp³-hybridized carbons (Fsp3) is 0.284. The van der Waals surface area contributed by atoms with E-state index in [9.17, 15) is 69.0 Å². The van der Waals surface area contributed by atoms with Gasteiger partial charge in [-0.2, -0.15) is 70.2 Å². The SMILES string of the molecule is COCCNc1ncc(-c2cc(NC(=O)c3cnnc(C(F)(F)F)c3)cnc2C)cc1C#N.Cc1cc(CC(=O)Nc2ccc(C)c(-c3cnc(N(C)C)c(C#N)c3)c2)on1.Cc1ccc(NC(=O)c2cnnc(C(C)(C)C#N)c2)cc1-c1cnc(N2CC(C)(O)C2)c(C#N)c1.Cc1ccc(NC(=O)c2cnnc(C(C)(C)C#N)c2)cc1-c1cnc(NC2CCOCC2)c(C#N)c1. The van der Waals surface area contributed by atoms with Crippen molar-refractivity contribution in [2.24, 2.45) is 0 Å². The first kappa shape index (κ1) is 96.2. The highest BCUT2D eigenvalue weighted by atomic mass is 19.4. The largest absolute Gasteiger partial charge is 0.435 e. The van der Waals surface area contributed by atoms with Crippen LogP contribution in [0.3, 0.4) is 0 Å². The summed E-state index contributed by atoms with van der Waals surface area (Å²) < 4.78 is 54.0. The summed E-state index contributed by atoms with van der Waals surface area (Å²) in [5.74, 6) is 0.925. The zero-order valence-corrected chi connectivity index (χ0v) is 74.3. The molecule has 0 atom stereocenters. The number of carbonyl (C=O) groups is 4. The maximum atomic E-state index is 12.9. The Labute approximate surface area is 758 Å². The second-order valence-corrected chi connectivity index (χ2v) is 32.5. The number of rotatable bonds is 23. The van der Waals surface area contributed by atoms with Crippen LogP contribution >= 0.6 is 0 Å². The van der Waals surface area contributed by atoms with Crippen LogP contribution in [0.4, 0.5) is 59.2 Å². The monoisotopic (exact) mass is 1780 g/mol. The molecule has 2 aliphatic heterocycles. The Morgan fingerprint density at radius 1 is 0.538 bits per heavy atom. The van der Waals surface area contributed by atoms with Gasteiger partial charge in [-0.25, -0.2) is 19.9 Å². The van der Waals surface area contributed by atoms with Crippen molar-refractivity contribution in [3.05, 3.63) is 249 Å². The number of β-amino-alcohol motifs (C(OH)–C–C–N with tert-alkyl or cyclic N) is 1. The van der Waals surface area contributed by atoms with Crippen LogP contribution in [-0.2, 0) is 37.7 Å². The summed E-state index contributed by atoms with van der Waals surface area (Å²) in [6, 6.07) is 44.1. The van der Waals surface area contributed by atoms with Crippen molar-refractivity contribution in [1.29, 1.82) is 31.6 Å². The third kappa shape index (κ3) is 24.7. The molecule has 9 aromatic heterocycles. The van der Waals surface area contributed by atoms with E-state index in [0.717, 1.165) is 74.8 Å². The molecular formula is C95H91F3N26O8. The van der Waals surface area contributed by atoms with Crippen LogP contribution in [0.2, 0.25) is 0 Å². The van der Waals surface area contributed by atoms with Crippen molar-refractivity contribution in [1.82, 2.24) is 60.7 Å². The summed E-state index contributed by atoms with van der Waals surface area (Å²) in [5.41, 5.74) is 11.5. The number of nitriles is 6. The summed E-state index contributed by atoms with van der Waals surface area (Å²) in [6.07, 6.45) is 8.88. The second kappa shape index (κ2) is 42.4. The maximum absolute atomic E-state index is 12.9. The van der Waals surface area contributed by atoms with E-state index in [-0.39, 0.29) is 41.4 Å². The molecule has 0 spiro atoms. The van der Waals surface area contributed by atoms with Gasteiger partial charge in [0.2, 0.25) is 5.91 Å². The first-order chi connectivity index (χ1) is 62.9. The highest BCUT2D eigenvalue weighted by molar-refractivity contribution is 6.06. The van der Waals surface area contributed by atoms with E-state index in [2.05, 4.69) is 129 Å². The van der Waals surface area contributed by atoms with Crippen LogP contribution in [0.25, 0.3) is 44.5 Å². The van der Waals surface area contributed by atoms with Crippen molar-refractivity contribution >= 4 is 69.6 Å². The normalized spacial score (nSPS) is 12.6. The number of pyridine rings is 5. The van der Waals surface area contributed by atoms with E-state index < -0.39 is 34.2 Å². The molecule has 37 heteroatoms. The third-order valence-electron chi connectivity index (χ3n) is 20.9. The van der Waals surface area contributed by atoms with Gasteiger partial charge in [-0.1, -0.05) is 23.4 Å². The van der Waals surface area contributed by atoms with Gasteiger partial charge in [-0.3, -0.25) is 24.2 Å². The fourth-order valence-corrected chi connectivity index (χ4v) is 13.6. The molecule has 0 saturated carbocycles. The fourth-order valence-electron chi connectivity index (χ4n) is 13.6. The minimum atomic E-state index is -4.72. The summed E-state index contributed by atoms with van der Waals surface area (Å²) in [6.45, 7) is 21.2. The van der Waals surface area contributed by atoms with Crippen LogP contribution in [-0.4, -0.2) is 162 Å². The van der Waals surface area contributed by atoms with Gasteiger partial charge in [0.25, 0.3) is 17.7 Å². The van der Waals surface area contributed by atoms with Crippen molar-refractivity contribution in [2.45, 2.75) is 117 Å². The number of nitrogens with zero attached hydrogens (tertiary/aromatic N) is 20. The standard InChI is InChI=1S/C27H27N7O2.C26H25N7O2.C21H18F3N7O2.C21H21N5O2/c1-17-4-5-22(33-26(35)20-11-24(34-31-15-20)27(2,3)16-29)12-23(17)19-10-18(13-28)25(30-14-19)32-21-6-8-36-9-7-21;1-16-5-6-20(31-24(34)19-8-22(32-30-12-19)25(2,3)13-28)9-21(16)18-7-17(10-27)23(29-11-18)33-14-26(4,35)15-33;1-12-17(14-5-13(8-25)19(28-9-14)26-3-4-33-2)7-16(11-27-12)30-20(32)15-6-18(21(22,23)24)31-29-10-15;1-13-5-6-17(24-20(27)10-18-7-14(2)25-28-18)9-19(13)16-8-15(11-22)21(23-12-16)26(3)4/h4-5,10-12,14-15,21H,6-9H2,1-3H3,(H,30,32)(H,33,35);5-9,11-12,35H,14-15H2,1-4H3,(H,31,34);5-7,9-11H,3-4H2,1-2H3,(H,26,28)(H,30,32);5-9,12H,10H2,1-4H3,(H,24,27). The van der Waals surface area contributed by atoms with Gasteiger partial charge in [0.05, 0.1) is 128 Å². The molecule has 14 rings (SSSR count). The minimum Gasteiger partial charge on any atom is -0.386 e. The first-order valence-electron chi connectivity index (χ1n) is 41.1. The van der Waals surface area contributed by atoms with E-state index in [4.69, 9.17) is 14.0 Å². The number of nitrogens with one attached hydrogen (secondary N) is 6. The number of hydrogen-bond acceptors (Lipinski definition) is 30. The van der Waals surface area contributed by atoms with Gasteiger partial charge in [0.1, 0.15) is 53.3 Å². The van der Waals surface area contributed by atoms with Crippen molar-refractivity contribution in [3.8, 4) is 80.9 Å². The number of carbonyl (C=O) groups excluding carboxylic acids is 4. The highest BCUT2D eigenvalue weighted by Gasteiger charge is 2.39. The average Bonchev–Trinajstić information content (AvgIpc) is 0.844. The molecule has 2 fully saturated rings. The molecule has 132 heavy (non-hydrogen) atoms. The molecule has 670 valence electrons. The number of aryl methyl sites for hydroxylation is 5. The number of aromatic nitrogens is 12. The van der Waals surface area contributed by atoms with Gasteiger partial charge in [0.15, 0.2) is 5.69 Å². The van der Waals surface area contributed by atoms with Crippen LogP contribution in [0.5, 0.6) is 0 Å². The van der Waals surface area contributed by atoms with Gasteiger partial charge >= 0.3 is 6.18 Å². The van der Waals surface area contributed by atoms with Crippen molar-refractivity contribution < 1.29 is 51.5 Å². The van der Waals surface area contributed by atoms with E-state index >= 15 is 0 Å². The zero-order chi connectivity index (χ0) is 95.4. The van der Waals surface area contributed by atoms with Crippen LogP contribution in [0.1, 0.15) is 152 Å². The second-order valence-electron chi connectivity index (χ2n) is 32.5. The Hall–Kier alpha value is -16.5. The molecule has 7 N–H and O–H groups in total. The topological polar surface area (TPSA) is 496 Å². The molecular weight excluding hydrogens is 1690 g/mol. The maximum Gasteiger partial charge on any atom is 0.435 e. The summed E-state index contributed by atoms with van der Waals surface area (Å²) in [4.78, 5) is 76.2. The lowest BCUT2D eigenvalue weighted by Crippen LogP contribution is -2.60. The number of hydrogen-bond donors (Lipinski definition) is 7. The van der Waals surface area contributed by atoms with E-state index in [1.165, 1.54) is 18.6 Å². The number of methoxy groups -OCH3 is 1. The molecule has 2 saturated heterocycles. The average molecular weight is 1780 g/mol. The van der Waals surface area contributed by atoms with Crippen LogP contribution in [0.15, 0.2) is 163 Å². The Morgan fingerprint density at radius 3 is 1.45 bits per heavy atom. The van der Waals surface area contributed by atoms with Crippen LogP contribution in [0, 0.1) is 103 Å². The van der Waals surface area contributed by atoms with E-state index in [0.29, 0.717) is 153 Å². The lowest BCUT2D eigenvalue weighted by Gasteiger charge is -2.45. The number of ether oxygens (including phenoxy) is 2. The predicted molar refractivity (Wildman–Crippen MR) is 485 cm³/mol. The quantitative estimate of drug-likeness (QED) is 0.0292. The molecule has 12 aromatic rings. The summed E-state index contributed by atoms with van der Waals surface area (Å²) in [5, 5.41) is 110. The van der Waals surface area contributed by atoms with Gasteiger partial charge in [0, 0.05) is 142 Å². The molecule has 34 nitrogen and oxygen atoms in total. The minimum absolute atomic E-state index is 0.113. The number of halogens is 3. The Bertz CT molecular complexity index is 6600. The van der Waals surface area contributed by atoms with Crippen molar-refractivity contribution in [3.63, 3.8) is 0 Å². The molecule has 3 aromatic carbocycles. The van der Waals surface area contributed by atoms with Gasteiger partial charge in [-0.15, -0.1) is 5.10 Å². The molecule has 4 amide bonds. The molecule has 11 heterocycles. The first-order valence-corrected chi connectivity index (χ1v) is 41.1. The molecule has 0 aliphatic carbocycles. The lowest BCUT2D eigenvalue weighted by atomic mass is 9.90. The van der Waals surface area contributed by atoms with Gasteiger partial charge < -0.3 is 60.8 Å². The summed E-state index contributed by atoms with van der Waals surface area (Å²) in [7, 11) is 5.26. The van der Waals surface area contributed by atoms with Gasteiger partial charge in [-0.05, 0) is 200 Å². The number of amides is 4. The third-order valence-corrected chi connectivity index (χ3v) is 20.9. The predicted octanol–water partition coefficient (Wildman–Crippen LogP) is 14.6. The molecule has 0 bridgehead atoms. The molecule has 0 radical (unpaired) electrons.